The average Bonchev–Trinajstić information content (AvgIpc) is 3.09. The predicted molar refractivity (Wildman–Crippen MR) is 103 cm³/mol. The van der Waals surface area contributed by atoms with Gasteiger partial charge in [0.15, 0.2) is 0 Å². The van der Waals surface area contributed by atoms with Gasteiger partial charge in [0.2, 0.25) is 0 Å². The Balaban J connectivity index is 1.63. The molecule has 2 fully saturated rings. The molecule has 28 heavy (non-hydrogen) atoms. The van der Waals surface area contributed by atoms with Crippen molar-refractivity contribution in [2.24, 2.45) is 5.92 Å². The van der Waals surface area contributed by atoms with E-state index in [-0.39, 0.29) is 42.2 Å². The Kier molecular flexibility index (Phi) is 5.12. The van der Waals surface area contributed by atoms with Crippen molar-refractivity contribution < 1.29 is 23.8 Å². The number of carbonyl (C=O) groups excluding carboxylic acids is 1. The van der Waals surface area contributed by atoms with Crippen LogP contribution in [0, 0.1) is 5.92 Å². The van der Waals surface area contributed by atoms with E-state index in [1.54, 1.807) is 29.2 Å². The van der Waals surface area contributed by atoms with E-state index < -0.39 is 5.63 Å². The van der Waals surface area contributed by atoms with Crippen LogP contribution in [-0.4, -0.2) is 53.9 Å². The molecule has 1 saturated heterocycles. The number of benzene rings is 1. The summed E-state index contributed by atoms with van der Waals surface area (Å²) in [5.41, 5.74) is -0.238. The summed E-state index contributed by atoms with van der Waals surface area (Å²) in [4.78, 5) is 27.4. The maximum Gasteiger partial charge on any atom is 0.349 e. The van der Waals surface area contributed by atoms with E-state index in [0.29, 0.717) is 36.3 Å². The third-order valence-corrected chi connectivity index (χ3v) is 5.46. The van der Waals surface area contributed by atoms with Crippen molar-refractivity contribution in [2.45, 2.75) is 44.9 Å². The molecule has 1 aliphatic heterocycles. The molecule has 4 rings (SSSR count). The number of aliphatic hydroxyl groups is 1. The number of hydrogen-bond donors (Lipinski definition) is 1. The Bertz CT molecular complexity index is 936. The highest BCUT2D eigenvalue weighted by atomic mass is 16.5. The first-order valence-electron chi connectivity index (χ1n) is 9.74. The van der Waals surface area contributed by atoms with Gasteiger partial charge in [-0.25, -0.2) is 4.79 Å². The number of rotatable bonds is 4. The molecule has 3 atom stereocenters. The lowest BCUT2D eigenvalue weighted by Crippen LogP contribution is -2.52. The highest BCUT2D eigenvalue weighted by Gasteiger charge is 2.43. The lowest BCUT2D eigenvalue weighted by Gasteiger charge is -2.37. The molecule has 1 amide bonds. The molecule has 0 unspecified atom stereocenters. The van der Waals surface area contributed by atoms with Crippen LogP contribution in [0.1, 0.15) is 37.0 Å². The van der Waals surface area contributed by atoms with Crippen molar-refractivity contribution in [2.75, 3.05) is 19.8 Å². The first kappa shape index (κ1) is 19.0. The summed E-state index contributed by atoms with van der Waals surface area (Å²) in [5.74, 6) is 0.396. The first-order valence-corrected chi connectivity index (χ1v) is 9.74. The average molecular weight is 387 g/mol. The highest BCUT2D eigenvalue weighted by Crippen LogP contribution is 2.34. The number of ether oxygens (including phenoxy) is 2. The largest absolute Gasteiger partial charge is 0.491 e. The fourth-order valence-corrected chi connectivity index (χ4v) is 4.19. The molecular weight excluding hydrogens is 362 g/mol. The van der Waals surface area contributed by atoms with Crippen molar-refractivity contribution in [3.05, 3.63) is 40.2 Å². The van der Waals surface area contributed by atoms with Crippen LogP contribution in [0.4, 0.5) is 0 Å². The number of amides is 1. The van der Waals surface area contributed by atoms with E-state index in [1.807, 2.05) is 13.8 Å². The third kappa shape index (κ3) is 3.52. The Morgan fingerprint density at radius 2 is 2.14 bits per heavy atom. The van der Waals surface area contributed by atoms with Gasteiger partial charge in [-0.15, -0.1) is 0 Å². The molecule has 150 valence electrons. The van der Waals surface area contributed by atoms with E-state index in [9.17, 15) is 14.7 Å². The van der Waals surface area contributed by atoms with E-state index >= 15 is 0 Å². The molecule has 7 heteroatoms. The maximum absolute atomic E-state index is 13.1. The van der Waals surface area contributed by atoms with E-state index in [0.717, 1.165) is 6.42 Å². The molecule has 2 heterocycles. The van der Waals surface area contributed by atoms with Crippen LogP contribution in [0.3, 0.4) is 0 Å². The van der Waals surface area contributed by atoms with Gasteiger partial charge in [-0.3, -0.25) is 4.79 Å². The van der Waals surface area contributed by atoms with Crippen molar-refractivity contribution in [1.82, 2.24) is 4.90 Å². The van der Waals surface area contributed by atoms with Crippen molar-refractivity contribution in [3.63, 3.8) is 0 Å². The lowest BCUT2D eigenvalue weighted by atomic mass is 10.1. The minimum absolute atomic E-state index is 0.00782. The molecule has 2 aliphatic rings. The summed E-state index contributed by atoms with van der Waals surface area (Å²) < 4.78 is 16.8. The Hall–Kier alpha value is -2.38. The zero-order valence-corrected chi connectivity index (χ0v) is 16.1. The fraction of sp³-hybridized carbons (Fsp3) is 0.524. The molecule has 0 radical (unpaired) electrons. The molecule has 1 N–H and O–H groups in total. The SMILES string of the molecule is CC(C)Oc1ccc2cc(C(=O)N3CCO[C@H]4C[C@H](CO)C[C@@H]43)c(=O)oc2c1. The Labute approximate surface area is 162 Å². The Morgan fingerprint density at radius 3 is 2.89 bits per heavy atom. The maximum atomic E-state index is 13.1. The first-order chi connectivity index (χ1) is 13.5. The molecule has 2 aromatic rings. The molecule has 0 spiro atoms. The number of hydrogen-bond acceptors (Lipinski definition) is 6. The zero-order chi connectivity index (χ0) is 19.8. The second kappa shape index (κ2) is 7.56. The van der Waals surface area contributed by atoms with Crippen LogP contribution in [-0.2, 0) is 4.74 Å². The van der Waals surface area contributed by atoms with Crippen LogP contribution >= 0.6 is 0 Å². The minimum Gasteiger partial charge on any atom is -0.491 e. The normalized spacial score (nSPS) is 24.6. The van der Waals surface area contributed by atoms with Crippen molar-refractivity contribution >= 4 is 16.9 Å². The standard InChI is InChI=1S/C21H25NO6/c1-12(2)27-15-4-3-14-9-16(21(25)28-18(14)10-15)20(24)22-5-6-26-19-8-13(11-23)7-17(19)22/h3-4,9-10,12-13,17,19,23H,5-8,11H2,1-2H3/t13-,17+,19+/m1/s1. The summed E-state index contributed by atoms with van der Waals surface area (Å²) >= 11 is 0. The molecule has 7 nitrogen and oxygen atoms in total. The second-order valence-electron chi connectivity index (χ2n) is 7.81. The van der Waals surface area contributed by atoms with Crippen molar-refractivity contribution in [3.8, 4) is 5.75 Å². The predicted octanol–water partition coefficient (Wildman–Crippen LogP) is 2.19. The summed E-state index contributed by atoms with van der Waals surface area (Å²) in [6.07, 6.45) is 1.34. The molecule has 0 bridgehead atoms. The molecular formula is C21H25NO6. The number of fused-ring (bicyclic) bond motifs is 2. The quantitative estimate of drug-likeness (QED) is 0.809. The lowest BCUT2D eigenvalue weighted by molar-refractivity contribution is -0.0450. The van der Waals surface area contributed by atoms with Crippen LogP contribution in [0.5, 0.6) is 5.75 Å². The number of carbonyl (C=O) groups is 1. The summed E-state index contributed by atoms with van der Waals surface area (Å²) in [6.45, 7) is 4.78. The number of aliphatic hydroxyl groups excluding tert-OH is 1. The minimum atomic E-state index is -0.654. The second-order valence-corrected chi connectivity index (χ2v) is 7.81. The highest BCUT2D eigenvalue weighted by molar-refractivity contribution is 5.97. The van der Waals surface area contributed by atoms with Gasteiger partial charge in [0.05, 0.1) is 24.9 Å². The van der Waals surface area contributed by atoms with E-state index in [4.69, 9.17) is 13.9 Å². The van der Waals surface area contributed by atoms with Gasteiger partial charge >= 0.3 is 5.63 Å². The molecule has 1 aliphatic carbocycles. The number of morpholine rings is 1. The molecule has 1 aromatic heterocycles. The van der Waals surface area contributed by atoms with Crippen LogP contribution < -0.4 is 10.4 Å². The topological polar surface area (TPSA) is 89.2 Å². The van der Waals surface area contributed by atoms with Gasteiger partial charge in [0, 0.05) is 24.6 Å². The van der Waals surface area contributed by atoms with Gasteiger partial charge in [-0.2, -0.15) is 0 Å². The Morgan fingerprint density at radius 1 is 1.32 bits per heavy atom. The summed E-state index contributed by atoms with van der Waals surface area (Å²) in [5, 5.41) is 10.1. The van der Waals surface area contributed by atoms with Gasteiger partial charge in [-0.05, 0) is 50.8 Å². The van der Waals surface area contributed by atoms with E-state index in [2.05, 4.69) is 0 Å². The fourth-order valence-electron chi connectivity index (χ4n) is 4.19. The van der Waals surface area contributed by atoms with Crippen LogP contribution in [0.15, 0.2) is 33.5 Å². The third-order valence-electron chi connectivity index (χ3n) is 5.46. The van der Waals surface area contributed by atoms with Gasteiger partial charge < -0.3 is 23.9 Å². The van der Waals surface area contributed by atoms with Crippen molar-refractivity contribution in [1.29, 1.82) is 0 Å². The summed E-state index contributed by atoms with van der Waals surface area (Å²) in [6, 6.07) is 6.72. The van der Waals surface area contributed by atoms with Gasteiger partial charge in [-0.1, -0.05) is 0 Å². The smallest absolute Gasteiger partial charge is 0.349 e. The molecule has 1 saturated carbocycles. The van der Waals surface area contributed by atoms with Gasteiger partial charge in [0.1, 0.15) is 16.9 Å². The number of nitrogens with zero attached hydrogens (tertiary/aromatic N) is 1. The van der Waals surface area contributed by atoms with Crippen LogP contribution in [0.25, 0.3) is 11.0 Å². The zero-order valence-electron chi connectivity index (χ0n) is 16.1. The monoisotopic (exact) mass is 387 g/mol. The van der Waals surface area contributed by atoms with E-state index in [1.165, 1.54) is 0 Å². The molecule has 1 aromatic carbocycles. The van der Waals surface area contributed by atoms with Gasteiger partial charge in [0.25, 0.3) is 5.91 Å². The summed E-state index contributed by atoms with van der Waals surface area (Å²) in [7, 11) is 0. The van der Waals surface area contributed by atoms with Crippen LogP contribution in [0.2, 0.25) is 0 Å².